The molecule has 2 fully saturated rings. The van der Waals surface area contributed by atoms with Crippen molar-refractivity contribution in [2.24, 2.45) is 0 Å². The first-order valence-corrected chi connectivity index (χ1v) is 7.29. The van der Waals surface area contributed by atoms with Gasteiger partial charge in [0.05, 0.1) is 0 Å². The summed E-state index contributed by atoms with van der Waals surface area (Å²) in [6.45, 7) is 3.94. The molecule has 0 bridgehead atoms. The molecule has 1 atom stereocenters. The first kappa shape index (κ1) is 13.2. The van der Waals surface area contributed by atoms with Crippen LogP contribution in [0.5, 0.6) is 0 Å². The van der Waals surface area contributed by atoms with Crippen LogP contribution in [0.3, 0.4) is 0 Å². The quantitative estimate of drug-likeness (QED) is 0.822. The standard InChI is InChI=1S/C16H20N2O2/c1-12-4-2-5-13(10-12)11-17-9-7-15(19)18-8-3-6-14(18)16(17)20/h2,4-5,10,14H,3,6-9,11H2,1H3. The first-order chi connectivity index (χ1) is 9.65. The van der Waals surface area contributed by atoms with Gasteiger partial charge in [-0.1, -0.05) is 29.8 Å². The number of nitrogens with zero attached hydrogens (tertiary/aromatic N) is 2. The van der Waals surface area contributed by atoms with Gasteiger partial charge in [-0.25, -0.2) is 0 Å². The van der Waals surface area contributed by atoms with Crippen molar-refractivity contribution in [3.05, 3.63) is 35.4 Å². The molecule has 2 aliphatic heterocycles. The highest BCUT2D eigenvalue weighted by Gasteiger charge is 2.38. The molecular weight excluding hydrogens is 252 g/mol. The number of fused-ring (bicyclic) bond motifs is 1. The van der Waals surface area contributed by atoms with E-state index >= 15 is 0 Å². The molecule has 4 nitrogen and oxygen atoms in total. The highest BCUT2D eigenvalue weighted by molar-refractivity contribution is 5.90. The van der Waals surface area contributed by atoms with Crippen molar-refractivity contribution in [1.29, 1.82) is 0 Å². The number of rotatable bonds is 2. The lowest BCUT2D eigenvalue weighted by Crippen LogP contribution is -2.43. The summed E-state index contributed by atoms with van der Waals surface area (Å²) in [5, 5.41) is 0. The summed E-state index contributed by atoms with van der Waals surface area (Å²) in [6.07, 6.45) is 2.21. The third kappa shape index (κ3) is 2.42. The molecule has 3 rings (SSSR count). The van der Waals surface area contributed by atoms with E-state index in [1.54, 1.807) is 4.90 Å². The summed E-state index contributed by atoms with van der Waals surface area (Å²) in [7, 11) is 0. The molecular formula is C16H20N2O2. The lowest BCUT2D eigenvalue weighted by molar-refractivity contribution is -0.139. The van der Waals surface area contributed by atoms with Crippen LogP contribution >= 0.6 is 0 Å². The third-order valence-electron chi connectivity index (χ3n) is 4.22. The van der Waals surface area contributed by atoms with E-state index < -0.39 is 0 Å². The fraction of sp³-hybridized carbons (Fsp3) is 0.500. The molecule has 1 aromatic carbocycles. The van der Waals surface area contributed by atoms with Gasteiger partial charge in [-0.2, -0.15) is 0 Å². The van der Waals surface area contributed by atoms with Gasteiger partial charge in [0.2, 0.25) is 11.8 Å². The molecule has 1 aromatic rings. The van der Waals surface area contributed by atoms with Crippen LogP contribution in [-0.2, 0) is 16.1 Å². The maximum atomic E-state index is 12.6. The minimum atomic E-state index is -0.213. The van der Waals surface area contributed by atoms with Crippen molar-refractivity contribution in [2.75, 3.05) is 13.1 Å². The predicted octanol–water partition coefficient (Wildman–Crippen LogP) is 1.72. The Kier molecular flexibility index (Phi) is 3.47. The van der Waals surface area contributed by atoms with Crippen molar-refractivity contribution < 1.29 is 9.59 Å². The molecule has 106 valence electrons. The third-order valence-corrected chi connectivity index (χ3v) is 4.22. The number of carbonyl (C=O) groups excluding carboxylic acids is 2. The molecule has 2 aliphatic rings. The normalized spacial score (nSPS) is 22.9. The van der Waals surface area contributed by atoms with Crippen LogP contribution in [0.15, 0.2) is 24.3 Å². The van der Waals surface area contributed by atoms with Gasteiger partial charge in [-0.3, -0.25) is 9.59 Å². The summed E-state index contributed by atoms with van der Waals surface area (Å²) in [5.41, 5.74) is 2.33. The van der Waals surface area contributed by atoms with Crippen LogP contribution in [0.1, 0.15) is 30.4 Å². The van der Waals surface area contributed by atoms with E-state index in [1.165, 1.54) is 5.56 Å². The van der Waals surface area contributed by atoms with Crippen LogP contribution in [0.4, 0.5) is 0 Å². The number of amides is 2. The highest BCUT2D eigenvalue weighted by atomic mass is 16.2. The van der Waals surface area contributed by atoms with Gasteiger partial charge in [0, 0.05) is 26.1 Å². The topological polar surface area (TPSA) is 40.6 Å². The van der Waals surface area contributed by atoms with Crippen LogP contribution in [0, 0.1) is 6.92 Å². The Morgan fingerprint density at radius 1 is 1.25 bits per heavy atom. The predicted molar refractivity (Wildman–Crippen MR) is 75.9 cm³/mol. The minimum Gasteiger partial charge on any atom is -0.336 e. The molecule has 4 heteroatoms. The number of aryl methyl sites for hydroxylation is 1. The minimum absolute atomic E-state index is 0.120. The second kappa shape index (κ2) is 5.27. The van der Waals surface area contributed by atoms with Gasteiger partial charge in [-0.15, -0.1) is 0 Å². The van der Waals surface area contributed by atoms with Gasteiger partial charge in [0.15, 0.2) is 0 Å². The first-order valence-electron chi connectivity index (χ1n) is 7.29. The van der Waals surface area contributed by atoms with Gasteiger partial charge in [0.25, 0.3) is 0 Å². The summed E-state index contributed by atoms with van der Waals surface area (Å²) >= 11 is 0. The van der Waals surface area contributed by atoms with E-state index in [2.05, 4.69) is 19.1 Å². The van der Waals surface area contributed by atoms with Crippen molar-refractivity contribution in [3.8, 4) is 0 Å². The molecule has 0 spiro atoms. The van der Waals surface area contributed by atoms with Crippen molar-refractivity contribution in [3.63, 3.8) is 0 Å². The summed E-state index contributed by atoms with van der Waals surface area (Å²) in [6, 6.07) is 8.00. The maximum absolute atomic E-state index is 12.6. The smallest absolute Gasteiger partial charge is 0.245 e. The van der Waals surface area contributed by atoms with E-state index in [1.807, 2.05) is 17.0 Å². The highest BCUT2D eigenvalue weighted by Crippen LogP contribution is 2.24. The molecule has 0 radical (unpaired) electrons. The fourth-order valence-electron chi connectivity index (χ4n) is 3.20. The van der Waals surface area contributed by atoms with E-state index in [4.69, 9.17) is 0 Å². The SMILES string of the molecule is Cc1cccc(CN2CCC(=O)N3CCCC3C2=O)c1. The largest absolute Gasteiger partial charge is 0.336 e. The second-order valence-electron chi connectivity index (χ2n) is 5.74. The fourth-order valence-corrected chi connectivity index (χ4v) is 3.20. The monoisotopic (exact) mass is 272 g/mol. The Bertz CT molecular complexity index is 541. The zero-order valence-corrected chi connectivity index (χ0v) is 11.8. The number of benzene rings is 1. The van der Waals surface area contributed by atoms with Gasteiger partial charge in [-0.05, 0) is 25.3 Å². The number of hydrogen-bond acceptors (Lipinski definition) is 2. The summed E-state index contributed by atoms with van der Waals surface area (Å²) < 4.78 is 0. The molecule has 0 N–H and O–H groups in total. The Balaban J connectivity index is 1.79. The molecule has 0 aromatic heterocycles. The maximum Gasteiger partial charge on any atom is 0.245 e. The van der Waals surface area contributed by atoms with Crippen molar-refractivity contribution in [1.82, 2.24) is 9.80 Å². The number of carbonyl (C=O) groups is 2. The molecule has 0 aliphatic carbocycles. The van der Waals surface area contributed by atoms with E-state index in [9.17, 15) is 9.59 Å². The second-order valence-corrected chi connectivity index (χ2v) is 5.74. The lowest BCUT2D eigenvalue weighted by Gasteiger charge is -2.25. The average molecular weight is 272 g/mol. The molecule has 2 amide bonds. The van der Waals surface area contributed by atoms with Crippen LogP contribution in [-0.4, -0.2) is 40.7 Å². The zero-order valence-electron chi connectivity index (χ0n) is 11.8. The van der Waals surface area contributed by atoms with Gasteiger partial charge < -0.3 is 9.80 Å². The van der Waals surface area contributed by atoms with Gasteiger partial charge in [0.1, 0.15) is 6.04 Å². The molecule has 1 unspecified atom stereocenters. The summed E-state index contributed by atoms with van der Waals surface area (Å²) in [5.74, 6) is 0.252. The van der Waals surface area contributed by atoms with Gasteiger partial charge >= 0.3 is 0 Å². The molecule has 2 heterocycles. The Morgan fingerprint density at radius 2 is 2.10 bits per heavy atom. The zero-order chi connectivity index (χ0) is 14.1. The lowest BCUT2D eigenvalue weighted by atomic mass is 10.1. The van der Waals surface area contributed by atoms with E-state index in [0.29, 0.717) is 19.5 Å². The van der Waals surface area contributed by atoms with E-state index in [-0.39, 0.29) is 17.9 Å². The number of hydrogen-bond donors (Lipinski definition) is 0. The van der Waals surface area contributed by atoms with Crippen LogP contribution < -0.4 is 0 Å². The Hall–Kier alpha value is -1.84. The van der Waals surface area contributed by atoms with Crippen LogP contribution in [0.25, 0.3) is 0 Å². The summed E-state index contributed by atoms with van der Waals surface area (Å²) in [4.78, 5) is 28.3. The average Bonchev–Trinajstić information content (AvgIpc) is 2.88. The molecule has 2 saturated heterocycles. The molecule has 20 heavy (non-hydrogen) atoms. The van der Waals surface area contributed by atoms with Crippen molar-refractivity contribution >= 4 is 11.8 Å². The van der Waals surface area contributed by atoms with Crippen LogP contribution in [0.2, 0.25) is 0 Å². The Morgan fingerprint density at radius 3 is 2.90 bits per heavy atom. The Labute approximate surface area is 119 Å². The van der Waals surface area contributed by atoms with Crippen molar-refractivity contribution in [2.45, 2.75) is 38.8 Å². The van der Waals surface area contributed by atoms with E-state index in [0.717, 1.165) is 24.9 Å². The molecule has 0 saturated carbocycles.